The summed E-state index contributed by atoms with van der Waals surface area (Å²) in [7, 11) is 0. The molecule has 0 aromatic heterocycles. The first-order valence-electron chi connectivity index (χ1n) is 6.93. The molecule has 19 heavy (non-hydrogen) atoms. The maximum absolute atomic E-state index is 5.73. The standard InChI is InChI=1S/C16H25N3/c1-13(16(2,3)4)18-9-11-19(12-10-18)15-7-5-14(17)6-8-15/h5-8H,1,9-12,17H2,2-4H3. The van der Waals surface area contributed by atoms with Gasteiger partial charge in [0, 0.05) is 48.7 Å². The summed E-state index contributed by atoms with van der Waals surface area (Å²) in [5.41, 5.74) is 9.21. The molecule has 2 rings (SSSR count). The normalized spacial score (nSPS) is 16.6. The van der Waals surface area contributed by atoms with Crippen LogP contribution in [0.5, 0.6) is 0 Å². The smallest absolute Gasteiger partial charge is 0.0368 e. The third-order valence-electron chi connectivity index (χ3n) is 3.79. The van der Waals surface area contributed by atoms with Crippen molar-refractivity contribution in [2.45, 2.75) is 20.8 Å². The van der Waals surface area contributed by atoms with E-state index in [9.17, 15) is 0 Å². The number of rotatable bonds is 2. The molecule has 1 saturated heterocycles. The highest BCUT2D eigenvalue weighted by atomic mass is 15.3. The van der Waals surface area contributed by atoms with Gasteiger partial charge in [0.25, 0.3) is 0 Å². The number of hydrogen-bond acceptors (Lipinski definition) is 3. The molecule has 1 aliphatic rings. The van der Waals surface area contributed by atoms with Crippen molar-refractivity contribution >= 4 is 11.4 Å². The summed E-state index contributed by atoms with van der Waals surface area (Å²) in [5, 5.41) is 0. The zero-order chi connectivity index (χ0) is 14.0. The number of benzene rings is 1. The van der Waals surface area contributed by atoms with Crippen LogP contribution in [0.3, 0.4) is 0 Å². The summed E-state index contributed by atoms with van der Waals surface area (Å²) < 4.78 is 0. The number of hydrogen-bond donors (Lipinski definition) is 1. The van der Waals surface area contributed by atoms with E-state index in [1.54, 1.807) is 0 Å². The second-order valence-electron chi connectivity index (χ2n) is 6.26. The van der Waals surface area contributed by atoms with Gasteiger partial charge in [0.05, 0.1) is 0 Å². The van der Waals surface area contributed by atoms with E-state index < -0.39 is 0 Å². The van der Waals surface area contributed by atoms with Gasteiger partial charge in [-0.3, -0.25) is 0 Å². The quantitative estimate of drug-likeness (QED) is 0.829. The molecule has 0 bridgehead atoms. The van der Waals surface area contributed by atoms with Gasteiger partial charge >= 0.3 is 0 Å². The van der Waals surface area contributed by atoms with E-state index in [2.05, 4.69) is 49.3 Å². The third kappa shape index (κ3) is 3.22. The maximum atomic E-state index is 5.73. The zero-order valence-corrected chi connectivity index (χ0v) is 12.3. The summed E-state index contributed by atoms with van der Waals surface area (Å²) in [6.07, 6.45) is 0. The van der Waals surface area contributed by atoms with Crippen molar-refractivity contribution in [1.29, 1.82) is 0 Å². The minimum Gasteiger partial charge on any atom is -0.399 e. The van der Waals surface area contributed by atoms with Crippen LogP contribution in [-0.2, 0) is 0 Å². The zero-order valence-electron chi connectivity index (χ0n) is 12.3. The van der Waals surface area contributed by atoms with Crippen LogP contribution in [0.25, 0.3) is 0 Å². The van der Waals surface area contributed by atoms with Gasteiger partial charge in [-0.2, -0.15) is 0 Å². The van der Waals surface area contributed by atoms with Gasteiger partial charge in [-0.05, 0) is 24.3 Å². The van der Waals surface area contributed by atoms with Crippen molar-refractivity contribution in [3.63, 3.8) is 0 Å². The lowest BCUT2D eigenvalue weighted by Gasteiger charge is -2.41. The summed E-state index contributed by atoms with van der Waals surface area (Å²) in [4.78, 5) is 4.82. The van der Waals surface area contributed by atoms with E-state index in [-0.39, 0.29) is 5.41 Å². The number of nitrogens with two attached hydrogens (primary N) is 1. The Hall–Kier alpha value is -1.64. The van der Waals surface area contributed by atoms with Crippen LogP contribution in [0, 0.1) is 5.41 Å². The van der Waals surface area contributed by atoms with Crippen molar-refractivity contribution < 1.29 is 0 Å². The Morgan fingerprint density at radius 2 is 1.58 bits per heavy atom. The van der Waals surface area contributed by atoms with E-state index in [4.69, 9.17) is 5.73 Å². The molecule has 1 fully saturated rings. The molecule has 0 saturated carbocycles. The first-order valence-corrected chi connectivity index (χ1v) is 6.93. The molecular weight excluding hydrogens is 234 g/mol. The van der Waals surface area contributed by atoms with Crippen LogP contribution in [0.2, 0.25) is 0 Å². The first-order chi connectivity index (χ1) is 8.88. The Morgan fingerprint density at radius 3 is 2.05 bits per heavy atom. The number of allylic oxidation sites excluding steroid dienone is 1. The van der Waals surface area contributed by atoms with Crippen molar-refractivity contribution in [2.75, 3.05) is 36.8 Å². The van der Waals surface area contributed by atoms with Crippen LogP contribution >= 0.6 is 0 Å². The van der Waals surface area contributed by atoms with Gasteiger partial charge in [0.15, 0.2) is 0 Å². The molecular formula is C16H25N3. The molecule has 1 heterocycles. The Bertz CT molecular complexity index is 434. The minimum atomic E-state index is 0.156. The van der Waals surface area contributed by atoms with Gasteiger partial charge in [-0.25, -0.2) is 0 Å². The number of anilines is 2. The van der Waals surface area contributed by atoms with Crippen LogP contribution in [0.4, 0.5) is 11.4 Å². The molecule has 1 aromatic carbocycles. The van der Waals surface area contributed by atoms with Crippen LogP contribution in [0.1, 0.15) is 20.8 Å². The molecule has 0 amide bonds. The van der Waals surface area contributed by atoms with E-state index in [0.29, 0.717) is 0 Å². The van der Waals surface area contributed by atoms with Crippen LogP contribution in [0.15, 0.2) is 36.5 Å². The molecule has 0 radical (unpaired) electrons. The molecule has 1 aromatic rings. The number of nitrogen functional groups attached to an aromatic ring is 1. The van der Waals surface area contributed by atoms with E-state index >= 15 is 0 Å². The largest absolute Gasteiger partial charge is 0.399 e. The topological polar surface area (TPSA) is 32.5 Å². The van der Waals surface area contributed by atoms with Crippen molar-refractivity contribution in [3.05, 3.63) is 36.5 Å². The van der Waals surface area contributed by atoms with Gasteiger partial charge in [0.1, 0.15) is 0 Å². The Balaban J connectivity index is 1.96. The molecule has 0 unspecified atom stereocenters. The summed E-state index contributed by atoms with van der Waals surface area (Å²) in [6.45, 7) is 15.1. The first kappa shape index (κ1) is 13.8. The maximum Gasteiger partial charge on any atom is 0.0368 e. The Morgan fingerprint density at radius 1 is 1.05 bits per heavy atom. The highest BCUT2D eigenvalue weighted by Crippen LogP contribution is 2.28. The van der Waals surface area contributed by atoms with Gasteiger partial charge in [-0.1, -0.05) is 27.4 Å². The summed E-state index contributed by atoms with van der Waals surface area (Å²) in [5.74, 6) is 0. The fourth-order valence-electron chi connectivity index (χ4n) is 2.39. The molecule has 1 aliphatic heterocycles. The van der Waals surface area contributed by atoms with Crippen LogP contribution in [-0.4, -0.2) is 31.1 Å². The monoisotopic (exact) mass is 259 g/mol. The molecule has 2 N–H and O–H groups in total. The SMILES string of the molecule is C=C(N1CCN(c2ccc(N)cc2)CC1)C(C)(C)C. The second kappa shape index (κ2) is 5.16. The minimum absolute atomic E-state index is 0.156. The van der Waals surface area contributed by atoms with E-state index in [1.807, 2.05) is 12.1 Å². The van der Waals surface area contributed by atoms with Crippen LogP contribution < -0.4 is 10.6 Å². The van der Waals surface area contributed by atoms with Crippen molar-refractivity contribution in [2.24, 2.45) is 5.41 Å². The summed E-state index contributed by atoms with van der Waals surface area (Å²) >= 11 is 0. The van der Waals surface area contributed by atoms with Gasteiger partial charge < -0.3 is 15.5 Å². The lowest BCUT2D eigenvalue weighted by molar-refractivity contribution is 0.256. The number of piperazine rings is 1. The second-order valence-corrected chi connectivity index (χ2v) is 6.26. The Kier molecular flexibility index (Phi) is 3.74. The van der Waals surface area contributed by atoms with Gasteiger partial charge in [0.2, 0.25) is 0 Å². The highest BCUT2D eigenvalue weighted by molar-refractivity contribution is 5.53. The van der Waals surface area contributed by atoms with Crippen molar-refractivity contribution in [1.82, 2.24) is 4.90 Å². The molecule has 3 heteroatoms. The van der Waals surface area contributed by atoms with E-state index in [0.717, 1.165) is 31.9 Å². The van der Waals surface area contributed by atoms with Gasteiger partial charge in [-0.15, -0.1) is 0 Å². The highest BCUT2D eigenvalue weighted by Gasteiger charge is 2.24. The lowest BCUT2D eigenvalue weighted by Crippen LogP contribution is -2.47. The average molecular weight is 259 g/mol. The number of nitrogens with zero attached hydrogens (tertiary/aromatic N) is 2. The van der Waals surface area contributed by atoms with E-state index in [1.165, 1.54) is 11.4 Å². The molecule has 0 aliphatic carbocycles. The fourth-order valence-corrected chi connectivity index (χ4v) is 2.39. The predicted molar refractivity (Wildman–Crippen MR) is 83.2 cm³/mol. The molecule has 3 nitrogen and oxygen atoms in total. The molecule has 104 valence electrons. The molecule has 0 spiro atoms. The summed E-state index contributed by atoms with van der Waals surface area (Å²) in [6, 6.07) is 8.14. The predicted octanol–water partition coefficient (Wildman–Crippen LogP) is 2.95. The lowest BCUT2D eigenvalue weighted by atomic mass is 9.91. The van der Waals surface area contributed by atoms with Crippen molar-refractivity contribution in [3.8, 4) is 0 Å². The molecule has 0 atom stereocenters. The fraction of sp³-hybridized carbons (Fsp3) is 0.500. The Labute approximate surface area is 116 Å². The third-order valence-corrected chi connectivity index (χ3v) is 3.79. The average Bonchev–Trinajstić information content (AvgIpc) is 2.38.